The Morgan fingerprint density at radius 2 is 2.11 bits per heavy atom. The predicted molar refractivity (Wildman–Crippen MR) is 67.4 cm³/mol. The van der Waals surface area contributed by atoms with E-state index in [-0.39, 0.29) is 12.4 Å². The fraction of sp³-hybridized carbons (Fsp3) is 0.231. The van der Waals surface area contributed by atoms with E-state index in [0.717, 1.165) is 5.56 Å². The van der Waals surface area contributed by atoms with Crippen molar-refractivity contribution in [1.82, 2.24) is 10.1 Å². The molecular formula is C13H14FN3O2. The van der Waals surface area contributed by atoms with E-state index < -0.39 is 5.91 Å². The summed E-state index contributed by atoms with van der Waals surface area (Å²) in [6, 6.07) is 7.74. The highest BCUT2D eigenvalue weighted by Crippen LogP contribution is 2.19. The summed E-state index contributed by atoms with van der Waals surface area (Å²) in [5.41, 5.74) is 6.49. The second-order valence-corrected chi connectivity index (χ2v) is 4.32. The molecule has 0 atom stereocenters. The minimum atomic E-state index is -0.402. The second-order valence-electron chi connectivity index (χ2n) is 4.32. The zero-order valence-corrected chi connectivity index (χ0v) is 10.5. The first-order valence-corrected chi connectivity index (χ1v) is 5.73. The Labute approximate surface area is 109 Å². The quantitative estimate of drug-likeness (QED) is 0.885. The molecule has 1 aromatic carbocycles. The molecule has 19 heavy (non-hydrogen) atoms. The van der Waals surface area contributed by atoms with Gasteiger partial charge in [0.1, 0.15) is 11.5 Å². The molecule has 6 heteroatoms. The maximum atomic E-state index is 12.8. The van der Waals surface area contributed by atoms with Crippen LogP contribution in [0.25, 0.3) is 11.3 Å². The van der Waals surface area contributed by atoms with Crippen molar-refractivity contribution in [3.05, 3.63) is 41.9 Å². The van der Waals surface area contributed by atoms with Gasteiger partial charge in [-0.05, 0) is 31.3 Å². The molecule has 0 saturated heterocycles. The number of likely N-dealkylation sites (N-methyl/N-ethyl adjacent to an activating group) is 1. The van der Waals surface area contributed by atoms with Crippen LogP contribution in [-0.2, 0) is 11.3 Å². The standard InChI is InChI=1S/C13H14FN3O2/c1-17(8-13(15)18)7-11-6-12(16-19-11)9-2-4-10(14)5-3-9/h2-6H,7-8H2,1H3,(H2,15,18). The van der Waals surface area contributed by atoms with Crippen LogP contribution < -0.4 is 5.73 Å². The summed E-state index contributed by atoms with van der Waals surface area (Å²) < 4.78 is 18.0. The van der Waals surface area contributed by atoms with Crippen molar-refractivity contribution in [2.45, 2.75) is 6.54 Å². The average Bonchev–Trinajstić information content (AvgIpc) is 2.77. The van der Waals surface area contributed by atoms with E-state index in [1.165, 1.54) is 12.1 Å². The number of nitrogens with zero attached hydrogens (tertiary/aromatic N) is 2. The second kappa shape index (κ2) is 5.62. The Hall–Kier alpha value is -2.21. The molecule has 0 aliphatic heterocycles. The number of halogens is 1. The molecule has 0 saturated carbocycles. The van der Waals surface area contributed by atoms with Crippen molar-refractivity contribution < 1.29 is 13.7 Å². The first-order valence-electron chi connectivity index (χ1n) is 5.73. The number of benzene rings is 1. The molecule has 0 radical (unpaired) electrons. The van der Waals surface area contributed by atoms with Crippen molar-refractivity contribution in [3.8, 4) is 11.3 Å². The van der Waals surface area contributed by atoms with Gasteiger partial charge in [0.15, 0.2) is 5.76 Å². The fourth-order valence-electron chi connectivity index (χ4n) is 1.73. The first-order chi connectivity index (χ1) is 9.04. The van der Waals surface area contributed by atoms with Gasteiger partial charge in [-0.3, -0.25) is 9.69 Å². The lowest BCUT2D eigenvalue weighted by molar-refractivity contribution is -0.119. The van der Waals surface area contributed by atoms with Crippen LogP contribution in [0.15, 0.2) is 34.9 Å². The molecule has 2 aromatic rings. The molecule has 0 bridgehead atoms. The molecule has 2 rings (SSSR count). The number of carbonyl (C=O) groups is 1. The van der Waals surface area contributed by atoms with E-state index in [2.05, 4.69) is 5.16 Å². The van der Waals surface area contributed by atoms with Gasteiger partial charge in [0.05, 0.1) is 13.1 Å². The van der Waals surface area contributed by atoms with Gasteiger partial charge in [0.2, 0.25) is 5.91 Å². The number of hydrogen-bond acceptors (Lipinski definition) is 4. The smallest absolute Gasteiger partial charge is 0.231 e. The summed E-state index contributed by atoms with van der Waals surface area (Å²) in [7, 11) is 1.75. The van der Waals surface area contributed by atoms with Crippen LogP contribution in [0.3, 0.4) is 0 Å². The zero-order valence-electron chi connectivity index (χ0n) is 10.5. The van der Waals surface area contributed by atoms with Gasteiger partial charge < -0.3 is 10.3 Å². The fourth-order valence-corrected chi connectivity index (χ4v) is 1.73. The predicted octanol–water partition coefficient (Wildman–Crippen LogP) is 1.40. The van der Waals surface area contributed by atoms with Crippen molar-refractivity contribution in [2.24, 2.45) is 5.73 Å². The average molecular weight is 263 g/mol. The van der Waals surface area contributed by atoms with E-state index in [0.29, 0.717) is 18.0 Å². The van der Waals surface area contributed by atoms with Gasteiger partial charge >= 0.3 is 0 Å². The largest absolute Gasteiger partial charge is 0.369 e. The number of carbonyl (C=O) groups excluding carboxylic acids is 1. The highest BCUT2D eigenvalue weighted by molar-refractivity contribution is 5.75. The van der Waals surface area contributed by atoms with Crippen LogP contribution in [0.2, 0.25) is 0 Å². The van der Waals surface area contributed by atoms with Crippen molar-refractivity contribution >= 4 is 5.91 Å². The van der Waals surface area contributed by atoms with Crippen LogP contribution in [0.5, 0.6) is 0 Å². The summed E-state index contributed by atoms with van der Waals surface area (Å²) in [6.45, 7) is 0.573. The summed E-state index contributed by atoms with van der Waals surface area (Å²) in [5.74, 6) is -0.0856. The maximum Gasteiger partial charge on any atom is 0.231 e. The van der Waals surface area contributed by atoms with Crippen LogP contribution in [-0.4, -0.2) is 29.6 Å². The third kappa shape index (κ3) is 3.62. The summed E-state index contributed by atoms with van der Waals surface area (Å²) in [5, 5.41) is 3.91. The van der Waals surface area contributed by atoms with Crippen molar-refractivity contribution in [2.75, 3.05) is 13.6 Å². The Morgan fingerprint density at radius 1 is 1.42 bits per heavy atom. The summed E-state index contributed by atoms with van der Waals surface area (Å²) in [4.78, 5) is 12.5. The van der Waals surface area contributed by atoms with Crippen molar-refractivity contribution in [1.29, 1.82) is 0 Å². The molecule has 5 nitrogen and oxygen atoms in total. The zero-order chi connectivity index (χ0) is 13.8. The molecule has 100 valence electrons. The summed E-state index contributed by atoms with van der Waals surface area (Å²) in [6.07, 6.45) is 0. The number of hydrogen-bond donors (Lipinski definition) is 1. The van der Waals surface area contributed by atoms with Gasteiger partial charge in [-0.25, -0.2) is 4.39 Å². The highest BCUT2D eigenvalue weighted by atomic mass is 19.1. The molecule has 0 unspecified atom stereocenters. The number of primary amides is 1. The normalized spacial score (nSPS) is 10.9. The van der Waals surface area contributed by atoms with E-state index in [9.17, 15) is 9.18 Å². The Balaban J connectivity index is 2.06. The van der Waals surface area contributed by atoms with Gasteiger partial charge in [-0.15, -0.1) is 0 Å². The number of rotatable bonds is 5. The Bertz CT molecular complexity index is 566. The minimum Gasteiger partial charge on any atom is -0.369 e. The number of nitrogens with two attached hydrogens (primary N) is 1. The highest BCUT2D eigenvalue weighted by Gasteiger charge is 2.10. The molecule has 1 aromatic heterocycles. The number of amides is 1. The van der Waals surface area contributed by atoms with Crippen molar-refractivity contribution in [3.63, 3.8) is 0 Å². The molecule has 2 N–H and O–H groups in total. The Morgan fingerprint density at radius 3 is 2.74 bits per heavy atom. The maximum absolute atomic E-state index is 12.8. The first kappa shape index (κ1) is 13.2. The topological polar surface area (TPSA) is 72.4 Å². The molecule has 0 aliphatic carbocycles. The molecule has 0 aliphatic rings. The SMILES string of the molecule is CN(CC(N)=O)Cc1cc(-c2ccc(F)cc2)no1. The lowest BCUT2D eigenvalue weighted by atomic mass is 10.1. The third-order valence-corrected chi connectivity index (χ3v) is 2.55. The molecule has 0 fully saturated rings. The molecule has 0 spiro atoms. The van der Waals surface area contributed by atoms with E-state index >= 15 is 0 Å². The lowest BCUT2D eigenvalue weighted by Gasteiger charge is -2.11. The monoisotopic (exact) mass is 263 g/mol. The van der Waals surface area contributed by atoms with E-state index in [4.69, 9.17) is 10.3 Å². The van der Waals surface area contributed by atoms with Gasteiger partial charge in [-0.2, -0.15) is 0 Å². The molecular weight excluding hydrogens is 249 g/mol. The van der Waals surface area contributed by atoms with Gasteiger partial charge in [0, 0.05) is 11.6 Å². The van der Waals surface area contributed by atoms with Crippen LogP contribution in [0.4, 0.5) is 4.39 Å². The van der Waals surface area contributed by atoms with Gasteiger partial charge in [0.25, 0.3) is 0 Å². The third-order valence-electron chi connectivity index (χ3n) is 2.55. The molecule has 1 amide bonds. The number of aromatic nitrogens is 1. The molecule has 1 heterocycles. The van der Waals surface area contributed by atoms with Crippen LogP contribution in [0.1, 0.15) is 5.76 Å². The minimum absolute atomic E-state index is 0.145. The Kier molecular flexibility index (Phi) is 3.91. The van der Waals surface area contributed by atoms with Gasteiger partial charge in [-0.1, -0.05) is 5.16 Å². The van der Waals surface area contributed by atoms with E-state index in [1.54, 1.807) is 30.1 Å². The van der Waals surface area contributed by atoms with Crippen LogP contribution >= 0.6 is 0 Å². The summed E-state index contributed by atoms with van der Waals surface area (Å²) >= 11 is 0. The lowest BCUT2D eigenvalue weighted by Crippen LogP contribution is -2.30. The van der Waals surface area contributed by atoms with E-state index in [1.807, 2.05) is 0 Å². The van der Waals surface area contributed by atoms with Crippen LogP contribution in [0, 0.1) is 5.82 Å².